The first-order valence-electron chi connectivity index (χ1n) is 4.64. The van der Waals surface area contributed by atoms with Gasteiger partial charge in [-0.05, 0) is 45.9 Å². The highest BCUT2D eigenvalue weighted by atomic mass is 79.9. The first-order chi connectivity index (χ1) is 7.61. The lowest BCUT2D eigenvalue weighted by atomic mass is 10.0. The number of carbonyl (C=O) groups excluding carboxylic acids is 1. The summed E-state index contributed by atoms with van der Waals surface area (Å²) in [5.41, 5.74) is 1.49. The van der Waals surface area contributed by atoms with Crippen LogP contribution >= 0.6 is 38.9 Å². The van der Waals surface area contributed by atoms with Gasteiger partial charge < -0.3 is 0 Å². The number of benzene rings is 1. The van der Waals surface area contributed by atoms with E-state index in [1.165, 1.54) is 11.3 Å². The average molecular weight is 316 g/mol. The van der Waals surface area contributed by atoms with Gasteiger partial charge in [-0.2, -0.15) is 0 Å². The van der Waals surface area contributed by atoms with Crippen LogP contribution in [-0.2, 0) is 0 Å². The van der Waals surface area contributed by atoms with E-state index in [-0.39, 0.29) is 5.78 Å². The van der Waals surface area contributed by atoms with Gasteiger partial charge in [-0.1, -0.05) is 23.7 Å². The van der Waals surface area contributed by atoms with Crippen molar-refractivity contribution in [3.63, 3.8) is 0 Å². The van der Waals surface area contributed by atoms with Gasteiger partial charge in [0.1, 0.15) is 0 Å². The zero-order chi connectivity index (χ0) is 11.7. The normalized spacial score (nSPS) is 10.4. The molecule has 0 N–H and O–H groups in total. The molecule has 4 heteroatoms. The molecule has 0 amide bonds. The predicted molar refractivity (Wildman–Crippen MR) is 71.6 cm³/mol. The Labute approximate surface area is 111 Å². The monoisotopic (exact) mass is 314 g/mol. The molecule has 0 radical (unpaired) electrons. The van der Waals surface area contributed by atoms with Gasteiger partial charge in [0.2, 0.25) is 5.78 Å². The van der Waals surface area contributed by atoms with Gasteiger partial charge in [0.25, 0.3) is 0 Å². The maximum Gasteiger partial charge on any atom is 0.204 e. The van der Waals surface area contributed by atoms with E-state index >= 15 is 0 Å². The van der Waals surface area contributed by atoms with Crippen molar-refractivity contribution >= 4 is 44.7 Å². The van der Waals surface area contributed by atoms with E-state index < -0.39 is 0 Å². The zero-order valence-corrected chi connectivity index (χ0v) is 11.6. The van der Waals surface area contributed by atoms with Crippen LogP contribution in [0.4, 0.5) is 0 Å². The van der Waals surface area contributed by atoms with E-state index in [9.17, 15) is 4.79 Å². The molecule has 1 aromatic heterocycles. The third-order valence-corrected chi connectivity index (χ3v) is 4.58. The van der Waals surface area contributed by atoms with Crippen molar-refractivity contribution in [1.29, 1.82) is 0 Å². The molecule has 1 nitrogen and oxygen atoms in total. The minimum atomic E-state index is 0.0156. The second kappa shape index (κ2) is 4.70. The Morgan fingerprint density at radius 1 is 1.38 bits per heavy atom. The average Bonchev–Trinajstić information content (AvgIpc) is 2.68. The topological polar surface area (TPSA) is 17.1 Å². The second-order valence-corrected chi connectivity index (χ2v) is 5.52. The number of hydrogen-bond donors (Lipinski definition) is 0. The van der Waals surface area contributed by atoms with Crippen LogP contribution in [0.2, 0.25) is 5.02 Å². The number of carbonyl (C=O) groups is 1. The Morgan fingerprint density at radius 2 is 2.12 bits per heavy atom. The molecule has 0 saturated heterocycles. The van der Waals surface area contributed by atoms with E-state index in [0.29, 0.717) is 15.5 Å². The second-order valence-electron chi connectivity index (χ2n) is 3.34. The van der Waals surface area contributed by atoms with Crippen molar-refractivity contribution in [2.75, 3.05) is 0 Å². The van der Waals surface area contributed by atoms with E-state index in [0.717, 1.165) is 10.0 Å². The lowest BCUT2D eigenvalue weighted by Crippen LogP contribution is -2.02. The van der Waals surface area contributed by atoms with Crippen LogP contribution < -0.4 is 0 Å². The Kier molecular flexibility index (Phi) is 3.47. The van der Waals surface area contributed by atoms with Gasteiger partial charge in [0.15, 0.2) is 0 Å². The SMILES string of the molecule is Cc1c(Cl)cccc1C(=O)c1sccc1Br. The molecule has 0 aliphatic carbocycles. The highest BCUT2D eigenvalue weighted by Crippen LogP contribution is 2.28. The summed E-state index contributed by atoms with van der Waals surface area (Å²) in [6.07, 6.45) is 0. The zero-order valence-electron chi connectivity index (χ0n) is 8.46. The van der Waals surface area contributed by atoms with Crippen LogP contribution in [0.3, 0.4) is 0 Å². The molecule has 1 aromatic carbocycles. The number of hydrogen-bond acceptors (Lipinski definition) is 2. The largest absolute Gasteiger partial charge is 0.288 e. The first kappa shape index (κ1) is 11.8. The molecule has 0 unspecified atom stereocenters. The van der Waals surface area contributed by atoms with Crippen molar-refractivity contribution in [3.05, 3.63) is 55.1 Å². The van der Waals surface area contributed by atoms with Gasteiger partial charge in [0, 0.05) is 15.1 Å². The molecular formula is C12H8BrClOS. The minimum Gasteiger partial charge on any atom is -0.288 e. The smallest absolute Gasteiger partial charge is 0.204 e. The van der Waals surface area contributed by atoms with Gasteiger partial charge in [-0.25, -0.2) is 0 Å². The minimum absolute atomic E-state index is 0.0156. The molecule has 16 heavy (non-hydrogen) atoms. The summed E-state index contributed by atoms with van der Waals surface area (Å²) in [7, 11) is 0. The molecule has 0 spiro atoms. The molecular weight excluding hydrogens is 308 g/mol. The van der Waals surface area contributed by atoms with Crippen LogP contribution in [0, 0.1) is 6.92 Å². The van der Waals surface area contributed by atoms with Crippen LogP contribution in [0.25, 0.3) is 0 Å². The highest BCUT2D eigenvalue weighted by Gasteiger charge is 2.16. The van der Waals surface area contributed by atoms with E-state index in [2.05, 4.69) is 15.9 Å². The Balaban J connectivity index is 2.50. The fourth-order valence-electron chi connectivity index (χ4n) is 1.43. The first-order valence-corrected chi connectivity index (χ1v) is 6.69. The summed E-state index contributed by atoms with van der Waals surface area (Å²) in [4.78, 5) is 12.9. The molecule has 0 atom stereocenters. The van der Waals surface area contributed by atoms with Crippen molar-refractivity contribution < 1.29 is 4.79 Å². The summed E-state index contributed by atoms with van der Waals surface area (Å²) in [6.45, 7) is 1.86. The maximum absolute atomic E-state index is 12.2. The van der Waals surface area contributed by atoms with Crippen molar-refractivity contribution in [3.8, 4) is 0 Å². The van der Waals surface area contributed by atoms with Gasteiger partial charge in [-0.15, -0.1) is 11.3 Å². The molecule has 2 aromatic rings. The number of ketones is 1. The summed E-state index contributed by atoms with van der Waals surface area (Å²) in [5.74, 6) is 0.0156. The lowest BCUT2D eigenvalue weighted by molar-refractivity contribution is 0.104. The quantitative estimate of drug-likeness (QED) is 0.734. The maximum atomic E-state index is 12.2. The van der Waals surface area contributed by atoms with E-state index in [4.69, 9.17) is 11.6 Å². The summed E-state index contributed by atoms with van der Waals surface area (Å²) in [5, 5.41) is 2.51. The Bertz CT molecular complexity index is 548. The predicted octanol–water partition coefficient (Wildman–Crippen LogP) is 4.70. The summed E-state index contributed by atoms with van der Waals surface area (Å²) < 4.78 is 0.835. The van der Waals surface area contributed by atoms with Gasteiger partial charge >= 0.3 is 0 Å². The summed E-state index contributed by atoms with van der Waals surface area (Å²) >= 11 is 10.8. The highest BCUT2D eigenvalue weighted by molar-refractivity contribution is 9.10. The van der Waals surface area contributed by atoms with Crippen LogP contribution in [0.1, 0.15) is 20.8 Å². The molecule has 0 aliphatic rings. The number of halogens is 2. The fraction of sp³-hybridized carbons (Fsp3) is 0.0833. The molecule has 0 fully saturated rings. The molecule has 82 valence electrons. The van der Waals surface area contributed by atoms with Crippen LogP contribution in [0.5, 0.6) is 0 Å². The van der Waals surface area contributed by atoms with E-state index in [1.54, 1.807) is 18.2 Å². The van der Waals surface area contributed by atoms with Crippen molar-refractivity contribution in [2.45, 2.75) is 6.92 Å². The van der Waals surface area contributed by atoms with Gasteiger partial charge in [-0.3, -0.25) is 4.79 Å². The molecule has 0 aliphatic heterocycles. The molecule has 1 heterocycles. The van der Waals surface area contributed by atoms with Crippen LogP contribution in [-0.4, -0.2) is 5.78 Å². The third kappa shape index (κ3) is 2.08. The molecule has 0 saturated carbocycles. The summed E-state index contributed by atoms with van der Waals surface area (Å²) in [6, 6.07) is 7.26. The van der Waals surface area contributed by atoms with E-state index in [1.807, 2.05) is 18.4 Å². The lowest BCUT2D eigenvalue weighted by Gasteiger charge is -2.05. The number of rotatable bonds is 2. The van der Waals surface area contributed by atoms with Gasteiger partial charge in [0.05, 0.1) is 4.88 Å². The van der Waals surface area contributed by atoms with Crippen molar-refractivity contribution in [1.82, 2.24) is 0 Å². The molecule has 2 rings (SSSR count). The standard InChI is InChI=1S/C12H8BrClOS/c1-7-8(3-2-4-10(7)14)11(15)12-9(13)5-6-16-12/h2-6H,1H3. The Morgan fingerprint density at radius 3 is 2.75 bits per heavy atom. The number of thiophene rings is 1. The third-order valence-electron chi connectivity index (χ3n) is 2.34. The van der Waals surface area contributed by atoms with Crippen LogP contribution in [0.15, 0.2) is 34.1 Å². The van der Waals surface area contributed by atoms with Crippen molar-refractivity contribution in [2.24, 2.45) is 0 Å². The Hall–Kier alpha value is -0.640. The molecule has 0 bridgehead atoms. The fourth-order valence-corrected chi connectivity index (χ4v) is 3.11.